The summed E-state index contributed by atoms with van der Waals surface area (Å²) < 4.78 is 5.31. The molecule has 0 saturated carbocycles. The Kier molecular flexibility index (Phi) is 5.31. The number of rotatable bonds is 4. The molecule has 2 amide bonds. The second kappa shape index (κ2) is 6.34. The second-order valence-electron chi connectivity index (χ2n) is 6.03. The van der Waals surface area contributed by atoms with Crippen molar-refractivity contribution in [2.45, 2.75) is 32.4 Å². The summed E-state index contributed by atoms with van der Waals surface area (Å²) in [6.07, 6.45) is 0. The van der Waals surface area contributed by atoms with Crippen LogP contribution in [0.2, 0.25) is 0 Å². The SMILES string of the molecule is CNC1COCC1C(=O)N(C)CC(=O)NC(C)(C)C. The Bertz CT molecular complexity index is 339. The summed E-state index contributed by atoms with van der Waals surface area (Å²) in [6.45, 7) is 6.76. The molecule has 0 radical (unpaired) electrons. The lowest BCUT2D eigenvalue weighted by molar-refractivity contribution is -0.138. The molecular weight excluding hydrogens is 246 g/mol. The van der Waals surface area contributed by atoms with Crippen LogP contribution in [0.15, 0.2) is 0 Å². The molecule has 0 aliphatic carbocycles. The van der Waals surface area contributed by atoms with Crippen molar-refractivity contribution in [3.8, 4) is 0 Å². The molecule has 19 heavy (non-hydrogen) atoms. The zero-order chi connectivity index (χ0) is 14.6. The monoisotopic (exact) mass is 271 g/mol. The molecular formula is C13H25N3O3. The number of likely N-dealkylation sites (N-methyl/N-ethyl adjacent to an activating group) is 2. The van der Waals surface area contributed by atoms with Gasteiger partial charge in [0, 0.05) is 18.6 Å². The number of nitrogens with one attached hydrogen (secondary N) is 2. The van der Waals surface area contributed by atoms with E-state index in [9.17, 15) is 9.59 Å². The van der Waals surface area contributed by atoms with Crippen molar-refractivity contribution in [1.29, 1.82) is 0 Å². The largest absolute Gasteiger partial charge is 0.379 e. The van der Waals surface area contributed by atoms with E-state index < -0.39 is 0 Å². The van der Waals surface area contributed by atoms with E-state index in [0.29, 0.717) is 13.2 Å². The Morgan fingerprint density at radius 2 is 1.95 bits per heavy atom. The summed E-state index contributed by atoms with van der Waals surface area (Å²) in [6, 6.07) is 0.0284. The Labute approximate surface area is 114 Å². The van der Waals surface area contributed by atoms with Crippen molar-refractivity contribution in [2.24, 2.45) is 5.92 Å². The molecule has 110 valence electrons. The predicted octanol–water partition coefficient (Wildman–Crippen LogP) is -0.406. The average molecular weight is 271 g/mol. The molecule has 0 spiro atoms. The molecule has 0 aromatic carbocycles. The summed E-state index contributed by atoms with van der Waals surface area (Å²) in [5.74, 6) is -0.415. The van der Waals surface area contributed by atoms with Crippen LogP contribution in [0.25, 0.3) is 0 Å². The Morgan fingerprint density at radius 1 is 1.32 bits per heavy atom. The fraction of sp³-hybridized carbons (Fsp3) is 0.846. The van der Waals surface area contributed by atoms with Gasteiger partial charge in [0.15, 0.2) is 0 Å². The highest BCUT2D eigenvalue weighted by molar-refractivity contribution is 5.86. The van der Waals surface area contributed by atoms with Crippen LogP contribution in [0.3, 0.4) is 0 Å². The van der Waals surface area contributed by atoms with E-state index in [2.05, 4.69) is 10.6 Å². The molecule has 1 rings (SSSR count). The van der Waals surface area contributed by atoms with Crippen LogP contribution in [-0.2, 0) is 14.3 Å². The molecule has 0 aromatic rings. The summed E-state index contributed by atoms with van der Waals surface area (Å²) in [4.78, 5) is 25.5. The first-order valence-electron chi connectivity index (χ1n) is 6.55. The van der Waals surface area contributed by atoms with Gasteiger partial charge in [-0.2, -0.15) is 0 Å². The molecule has 1 aliphatic rings. The van der Waals surface area contributed by atoms with E-state index >= 15 is 0 Å². The van der Waals surface area contributed by atoms with E-state index in [4.69, 9.17) is 4.74 Å². The molecule has 1 fully saturated rings. The number of carbonyl (C=O) groups excluding carboxylic acids is 2. The zero-order valence-corrected chi connectivity index (χ0v) is 12.4. The number of amides is 2. The first-order chi connectivity index (χ1) is 8.74. The van der Waals surface area contributed by atoms with E-state index in [1.807, 2.05) is 27.8 Å². The van der Waals surface area contributed by atoms with Gasteiger partial charge in [0.05, 0.1) is 25.7 Å². The zero-order valence-electron chi connectivity index (χ0n) is 12.4. The summed E-state index contributed by atoms with van der Waals surface area (Å²) in [5.41, 5.74) is -0.287. The van der Waals surface area contributed by atoms with Crippen molar-refractivity contribution < 1.29 is 14.3 Å². The third kappa shape index (κ3) is 4.80. The van der Waals surface area contributed by atoms with Gasteiger partial charge in [-0.15, -0.1) is 0 Å². The molecule has 6 heteroatoms. The summed E-state index contributed by atoms with van der Waals surface area (Å²) in [5, 5.41) is 5.91. The lowest BCUT2D eigenvalue weighted by Gasteiger charge is -2.26. The standard InChI is InChI=1S/C13H25N3O3/c1-13(2,3)15-11(17)6-16(5)12(18)9-7-19-8-10(9)14-4/h9-10,14H,6-8H2,1-5H3,(H,15,17). The first-order valence-corrected chi connectivity index (χ1v) is 6.55. The molecule has 1 aliphatic heterocycles. The highest BCUT2D eigenvalue weighted by atomic mass is 16.5. The van der Waals surface area contributed by atoms with Gasteiger partial charge < -0.3 is 20.3 Å². The fourth-order valence-corrected chi connectivity index (χ4v) is 2.12. The van der Waals surface area contributed by atoms with Gasteiger partial charge in [-0.3, -0.25) is 9.59 Å². The van der Waals surface area contributed by atoms with Crippen molar-refractivity contribution in [3.05, 3.63) is 0 Å². The van der Waals surface area contributed by atoms with Gasteiger partial charge in [0.25, 0.3) is 0 Å². The minimum atomic E-state index is -0.287. The summed E-state index contributed by atoms with van der Waals surface area (Å²) >= 11 is 0. The van der Waals surface area contributed by atoms with Gasteiger partial charge in [0.2, 0.25) is 11.8 Å². The Hall–Kier alpha value is -1.14. The molecule has 0 bridgehead atoms. The molecule has 2 unspecified atom stereocenters. The number of hydrogen-bond donors (Lipinski definition) is 2. The van der Waals surface area contributed by atoms with Crippen LogP contribution in [0.1, 0.15) is 20.8 Å². The van der Waals surface area contributed by atoms with Crippen LogP contribution < -0.4 is 10.6 Å². The summed E-state index contributed by atoms with van der Waals surface area (Å²) in [7, 11) is 3.46. The number of ether oxygens (including phenoxy) is 1. The molecule has 2 atom stereocenters. The highest BCUT2D eigenvalue weighted by Crippen LogP contribution is 2.15. The van der Waals surface area contributed by atoms with E-state index in [-0.39, 0.29) is 35.9 Å². The minimum absolute atomic E-state index is 0.0284. The normalized spacial score (nSPS) is 23.2. The van der Waals surface area contributed by atoms with Gasteiger partial charge in [0.1, 0.15) is 0 Å². The van der Waals surface area contributed by atoms with Crippen molar-refractivity contribution in [3.63, 3.8) is 0 Å². The number of hydrogen-bond acceptors (Lipinski definition) is 4. The molecule has 6 nitrogen and oxygen atoms in total. The minimum Gasteiger partial charge on any atom is -0.379 e. The number of nitrogens with zero attached hydrogens (tertiary/aromatic N) is 1. The van der Waals surface area contributed by atoms with Gasteiger partial charge in [-0.05, 0) is 27.8 Å². The first kappa shape index (κ1) is 15.9. The van der Waals surface area contributed by atoms with E-state index in [1.54, 1.807) is 7.05 Å². The maximum Gasteiger partial charge on any atom is 0.240 e. The maximum absolute atomic E-state index is 12.2. The predicted molar refractivity (Wildman–Crippen MR) is 72.7 cm³/mol. The van der Waals surface area contributed by atoms with E-state index in [1.165, 1.54) is 4.90 Å². The highest BCUT2D eigenvalue weighted by Gasteiger charge is 2.35. The third-order valence-electron chi connectivity index (χ3n) is 3.04. The van der Waals surface area contributed by atoms with Crippen molar-refractivity contribution >= 4 is 11.8 Å². The molecule has 2 N–H and O–H groups in total. The van der Waals surface area contributed by atoms with Crippen molar-refractivity contribution in [1.82, 2.24) is 15.5 Å². The fourth-order valence-electron chi connectivity index (χ4n) is 2.12. The van der Waals surface area contributed by atoms with Crippen LogP contribution >= 0.6 is 0 Å². The smallest absolute Gasteiger partial charge is 0.240 e. The average Bonchev–Trinajstić information content (AvgIpc) is 2.72. The maximum atomic E-state index is 12.2. The van der Waals surface area contributed by atoms with Crippen LogP contribution in [-0.4, -0.2) is 62.1 Å². The topological polar surface area (TPSA) is 70.7 Å². The van der Waals surface area contributed by atoms with Gasteiger partial charge in [-0.1, -0.05) is 0 Å². The molecule has 1 heterocycles. The third-order valence-corrected chi connectivity index (χ3v) is 3.04. The Morgan fingerprint density at radius 3 is 2.47 bits per heavy atom. The number of carbonyl (C=O) groups is 2. The quantitative estimate of drug-likeness (QED) is 0.729. The van der Waals surface area contributed by atoms with Crippen LogP contribution in [0, 0.1) is 5.92 Å². The lowest BCUT2D eigenvalue weighted by Crippen LogP contribution is -2.49. The van der Waals surface area contributed by atoms with Gasteiger partial charge >= 0.3 is 0 Å². The van der Waals surface area contributed by atoms with E-state index in [0.717, 1.165) is 0 Å². The van der Waals surface area contributed by atoms with Crippen molar-refractivity contribution in [2.75, 3.05) is 33.9 Å². The van der Waals surface area contributed by atoms with Crippen LogP contribution in [0.4, 0.5) is 0 Å². The van der Waals surface area contributed by atoms with Crippen LogP contribution in [0.5, 0.6) is 0 Å². The lowest BCUT2D eigenvalue weighted by atomic mass is 10.0. The van der Waals surface area contributed by atoms with Gasteiger partial charge in [-0.25, -0.2) is 0 Å². The Balaban J connectivity index is 2.51. The molecule has 1 saturated heterocycles. The second-order valence-corrected chi connectivity index (χ2v) is 6.03. The molecule has 0 aromatic heterocycles.